The number of methoxy groups -OCH3 is 1. The average molecular weight is 274 g/mol. The first-order valence-corrected chi connectivity index (χ1v) is 7.36. The topological polar surface area (TPSA) is 55.6 Å². The van der Waals surface area contributed by atoms with Crippen LogP contribution in [0.2, 0.25) is 0 Å². The molecule has 0 amide bonds. The molecule has 0 radical (unpaired) electrons. The predicted octanol–water partition coefficient (Wildman–Crippen LogP) is 1.47. The molecule has 0 saturated carbocycles. The minimum absolute atomic E-state index is 0.103. The molecule has 1 heterocycles. The number of nitrogens with two attached hydrogens (primary N) is 1. The Kier molecular flexibility index (Phi) is 3.76. The van der Waals surface area contributed by atoms with Gasteiger partial charge in [-0.05, 0) is 56.1 Å². The Labute approximate surface area is 119 Å². The lowest BCUT2D eigenvalue weighted by Gasteiger charge is -2.31. The van der Waals surface area contributed by atoms with Crippen LogP contribution in [0, 0.1) is 5.92 Å². The molecule has 1 aromatic rings. The largest absolute Gasteiger partial charge is 0.497 e. The van der Waals surface area contributed by atoms with Gasteiger partial charge in [0.1, 0.15) is 5.75 Å². The highest BCUT2D eigenvalue weighted by Crippen LogP contribution is 2.30. The highest BCUT2D eigenvalue weighted by Gasteiger charge is 2.32. The summed E-state index contributed by atoms with van der Waals surface area (Å²) in [4.78, 5) is 14.8. The SMILES string of the molecule is COc1ccc2c(c1)CC(CN1CCC(N)CC1)C2=O. The van der Waals surface area contributed by atoms with Crippen LogP contribution in [0.4, 0.5) is 0 Å². The van der Waals surface area contributed by atoms with Crippen LogP contribution in [-0.2, 0) is 6.42 Å². The van der Waals surface area contributed by atoms with Gasteiger partial charge in [0.05, 0.1) is 7.11 Å². The molecular formula is C16H22N2O2. The Balaban J connectivity index is 1.67. The van der Waals surface area contributed by atoms with Crippen molar-refractivity contribution in [2.45, 2.75) is 25.3 Å². The van der Waals surface area contributed by atoms with Crippen LogP contribution in [-0.4, -0.2) is 43.5 Å². The lowest BCUT2D eigenvalue weighted by Crippen LogP contribution is -2.42. The Morgan fingerprint density at radius 1 is 1.35 bits per heavy atom. The Bertz CT molecular complexity index is 507. The van der Waals surface area contributed by atoms with E-state index < -0.39 is 0 Å². The minimum atomic E-state index is 0.103. The van der Waals surface area contributed by atoms with Gasteiger partial charge in [0.2, 0.25) is 0 Å². The third-order valence-electron chi connectivity index (χ3n) is 4.53. The third-order valence-corrected chi connectivity index (χ3v) is 4.53. The van der Waals surface area contributed by atoms with Crippen molar-refractivity contribution < 1.29 is 9.53 Å². The molecule has 4 nitrogen and oxygen atoms in total. The number of hydrogen-bond acceptors (Lipinski definition) is 4. The zero-order valence-electron chi connectivity index (χ0n) is 12.0. The van der Waals surface area contributed by atoms with Crippen molar-refractivity contribution in [3.8, 4) is 5.75 Å². The van der Waals surface area contributed by atoms with Crippen LogP contribution < -0.4 is 10.5 Å². The maximum absolute atomic E-state index is 12.4. The Morgan fingerprint density at radius 2 is 2.10 bits per heavy atom. The number of likely N-dealkylation sites (tertiary alicyclic amines) is 1. The van der Waals surface area contributed by atoms with Crippen LogP contribution in [0.1, 0.15) is 28.8 Å². The molecule has 1 aliphatic heterocycles. The van der Waals surface area contributed by atoms with Gasteiger partial charge in [-0.2, -0.15) is 0 Å². The van der Waals surface area contributed by atoms with Crippen molar-refractivity contribution in [3.63, 3.8) is 0 Å². The fraction of sp³-hybridized carbons (Fsp3) is 0.562. The van der Waals surface area contributed by atoms with E-state index in [1.54, 1.807) is 7.11 Å². The molecule has 0 bridgehead atoms. The van der Waals surface area contributed by atoms with E-state index in [-0.39, 0.29) is 11.7 Å². The van der Waals surface area contributed by atoms with Gasteiger partial charge < -0.3 is 15.4 Å². The number of benzene rings is 1. The zero-order chi connectivity index (χ0) is 14.1. The van der Waals surface area contributed by atoms with Gasteiger partial charge >= 0.3 is 0 Å². The highest BCUT2D eigenvalue weighted by atomic mass is 16.5. The summed E-state index contributed by atoms with van der Waals surface area (Å²) in [7, 11) is 1.66. The molecule has 2 aliphatic rings. The number of piperidine rings is 1. The molecule has 0 aromatic heterocycles. The smallest absolute Gasteiger partial charge is 0.167 e. The van der Waals surface area contributed by atoms with E-state index in [1.807, 2.05) is 18.2 Å². The molecule has 4 heteroatoms. The first-order chi connectivity index (χ1) is 9.67. The lowest BCUT2D eigenvalue weighted by atomic mass is 10.0. The van der Waals surface area contributed by atoms with E-state index in [0.29, 0.717) is 6.04 Å². The number of carbonyl (C=O) groups is 1. The monoisotopic (exact) mass is 274 g/mol. The number of carbonyl (C=O) groups excluding carboxylic acids is 1. The summed E-state index contributed by atoms with van der Waals surface area (Å²) in [5.74, 6) is 1.23. The van der Waals surface area contributed by atoms with Crippen molar-refractivity contribution in [1.29, 1.82) is 0 Å². The van der Waals surface area contributed by atoms with Gasteiger partial charge in [0.25, 0.3) is 0 Å². The lowest BCUT2D eigenvalue weighted by molar-refractivity contribution is 0.0886. The van der Waals surface area contributed by atoms with Gasteiger partial charge in [-0.15, -0.1) is 0 Å². The molecule has 108 valence electrons. The standard InChI is InChI=1S/C16H22N2O2/c1-20-14-2-3-15-11(9-14)8-12(16(15)19)10-18-6-4-13(17)5-7-18/h2-3,9,12-13H,4-8,10,17H2,1H3. The van der Waals surface area contributed by atoms with E-state index in [0.717, 1.165) is 55.8 Å². The van der Waals surface area contributed by atoms with E-state index >= 15 is 0 Å². The van der Waals surface area contributed by atoms with E-state index in [2.05, 4.69) is 4.90 Å². The van der Waals surface area contributed by atoms with Gasteiger partial charge in [0.15, 0.2) is 5.78 Å². The van der Waals surface area contributed by atoms with Crippen molar-refractivity contribution >= 4 is 5.78 Å². The van der Waals surface area contributed by atoms with Crippen molar-refractivity contribution in [2.24, 2.45) is 11.7 Å². The number of ketones is 1. The van der Waals surface area contributed by atoms with Crippen molar-refractivity contribution in [3.05, 3.63) is 29.3 Å². The first kappa shape index (κ1) is 13.6. The molecule has 0 spiro atoms. The quantitative estimate of drug-likeness (QED) is 0.907. The molecule has 1 saturated heterocycles. The summed E-state index contributed by atoms with van der Waals surface area (Å²) in [5, 5.41) is 0. The molecule has 20 heavy (non-hydrogen) atoms. The van der Waals surface area contributed by atoms with Crippen LogP contribution in [0.3, 0.4) is 0 Å². The number of nitrogens with zero attached hydrogens (tertiary/aromatic N) is 1. The van der Waals surface area contributed by atoms with Crippen LogP contribution >= 0.6 is 0 Å². The van der Waals surface area contributed by atoms with Crippen LogP contribution in [0.25, 0.3) is 0 Å². The van der Waals surface area contributed by atoms with Gasteiger partial charge in [-0.3, -0.25) is 4.79 Å². The number of hydrogen-bond donors (Lipinski definition) is 1. The van der Waals surface area contributed by atoms with E-state index in [9.17, 15) is 4.79 Å². The maximum atomic E-state index is 12.4. The average Bonchev–Trinajstić information content (AvgIpc) is 2.77. The predicted molar refractivity (Wildman–Crippen MR) is 78.2 cm³/mol. The zero-order valence-corrected chi connectivity index (χ0v) is 12.0. The summed E-state index contributed by atoms with van der Waals surface area (Å²) >= 11 is 0. The molecule has 2 N–H and O–H groups in total. The molecule has 1 fully saturated rings. The summed E-state index contributed by atoms with van der Waals surface area (Å²) < 4.78 is 5.24. The number of Topliss-reactive ketones (excluding diaryl/α,β-unsaturated/α-hetero) is 1. The normalized spacial score (nSPS) is 23.9. The van der Waals surface area contributed by atoms with Gasteiger partial charge in [-0.25, -0.2) is 0 Å². The second kappa shape index (κ2) is 5.54. The Morgan fingerprint density at radius 3 is 2.80 bits per heavy atom. The summed E-state index contributed by atoms with van der Waals surface area (Å²) in [6.45, 7) is 2.90. The minimum Gasteiger partial charge on any atom is -0.497 e. The molecule has 1 aromatic carbocycles. The second-order valence-electron chi connectivity index (χ2n) is 5.93. The number of rotatable bonds is 3. The molecular weight excluding hydrogens is 252 g/mol. The third kappa shape index (κ3) is 2.58. The number of ether oxygens (including phenoxy) is 1. The Hall–Kier alpha value is -1.39. The molecule has 1 aliphatic carbocycles. The van der Waals surface area contributed by atoms with Crippen molar-refractivity contribution in [1.82, 2.24) is 4.90 Å². The van der Waals surface area contributed by atoms with Crippen molar-refractivity contribution in [2.75, 3.05) is 26.7 Å². The molecule has 1 atom stereocenters. The van der Waals surface area contributed by atoms with Gasteiger partial charge in [-0.1, -0.05) is 0 Å². The summed E-state index contributed by atoms with van der Waals surface area (Å²) in [6.07, 6.45) is 2.93. The number of fused-ring (bicyclic) bond motifs is 1. The summed E-state index contributed by atoms with van der Waals surface area (Å²) in [5.41, 5.74) is 7.94. The highest BCUT2D eigenvalue weighted by molar-refractivity contribution is 6.02. The first-order valence-electron chi connectivity index (χ1n) is 7.36. The van der Waals surface area contributed by atoms with E-state index in [1.165, 1.54) is 0 Å². The summed E-state index contributed by atoms with van der Waals surface area (Å²) in [6, 6.07) is 6.12. The van der Waals surface area contributed by atoms with Crippen LogP contribution in [0.5, 0.6) is 5.75 Å². The van der Waals surface area contributed by atoms with Crippen LogP contribution in [0.15, 0.2) is 18.2 Å². The maximum Gasteiger partial charge on any atom is 0.167 e. The molecule has 3 rings (SSSR count). The van der Waals surface area contributed by atoms with E-state index in [4.69, 9.17) is 10.5 Å². The fourth-order valence-electron chi connectivity index (χ4n) is 3.28. The fourth-order valence-corrected chi connectivity index (χ4v) is 3.28. The molecule has 1 unspecified atom stereocenters. The van der Waals surface area contributed by atoms with Gasteiger partial charge in [0, 0.05) is 24.1 Å². The second-order valence-corrected chi connectivity index (χ2v) is 5.93.